The average molecular weight is 310 g/mol. The minimum absolute atomic E-state index is 0.433. The molecular formula is C17H30N2O3. The Hall–Kier alpha value is -0.980. The fourth-order valence-electron chi connectivity index (χ4n) is 2.78. The van der Waals surface area contributed by atoms with Gasteiger partial charge in [0.15, 0.2) is 0 Å². The summed E-state index contributed by atoms with van der Waals surface area (Å²) in [4.78, 5) is 2.02. The van der Waals surface area contributed by atoms with Crippen LogP contribution < -0.4 is 5.73 Å². The third-order valence-corrected chi connectivity index (χ3v) is 3.53. The Morgan fingerprint density at radius 3 is 1.95 bits per heavy atom. The second-order valence-corrected chi connectivity index (χ2v) is 6.20. The first-order valence-corrected chi connectivity index (χ1v) is 7.89. The molecule has 3 atom stereocenters. The Morgan fingerprint density at radius 2 is 1.50 bits per heavy atom. The molecule has 1 rings (SSSR count). The Balaban J connectivity index is 3.01. The first kappa shape index (κ1) is 19.1. The highest BCUT2D eigenvalue weighted by Gasteiger charge is 2.16. The lowest BCUT2D eigenvalue weighted by molar-refractivity contribution is 0.0791. The predicted octanol–water partition coefficient (Wildman–Crippen LogP) is 0.632. The molecule has 0 aromatic heterocycles. The zero-order chi connectivity index (χ0) is 16.7. The monoisotopic (exact) mass is 310 g/mol. The van der Waals surface area contributed by atoms with Crippen molar-refractivity contribution in [2.45, 2.75) is 58.6 Å². The Bertz CT molecular complexity index is 438. The quantitative estimate of drug-likeness (QED) is 0.537. The predicted molar refractivity (Wildman–Crippen MR) is 88.4 cm³/mol. The molecule has 0 aliphatic rings. The third-order valence-electron chi connectivity index (χ3n) is 3.53. The second-order valence-electron chi connectivity index (χ2n) is 6.20. The van der Waals surface area contributed by atoms with Gasteiger partial charge in [-0.2, -0.15) is 0 Å². The minimum atomic E-state index is -0.461. The summed E-state index contributed by atoms with van der Waals surface area (Å²) in [5.74, 6) is 0. The van der Waals surface area contributed by atoms with Gasteiger partial charge in [0.25, 0.3) is 0 Å². The molecule has 1 aromatic rings. The smallest absolute Gasteiger partial charge is 0.0639 e. The second kappa shape index (κ2) is 9.22. The molecular weight excluding hydrogens is 280 g/mol. The van der Waals surface area contributed by atoms with Gasteiger partial charge in [-0.25, -0.2) is 0 Å². The molecule has 0 aliphatic carbocycles. The number of nitrogens with two attached hydrogens (primary N) is 1. The molecule has 5 N–H and O–H groups in total. The van der Waals surface area contributed by atoms with Gasteiger partial charge in [-0.15, -0.1) is 0 Å². The highest BCUT2D eigenvalue weighted by Crippen LogP contribution is 2.19. The van der Waals surface area contributed by atoms with E-state index in [1.807, 2.05) is 23.1 Å². The summed E-state index contributed by atoms with van der Waals surface area (Å²) in [5, 5.41) is 29.0. The number of benzene rings is 1. The van der Waals surface area contributed by atoms with Gasteiger partial charge in [0.05, 0.1) is 18.3 Å². The average Bonchev–Trinajstić information content (AvgIpc) is 2.38. The van der Waals surface area contributed by atoms with E-state index in [0.29, 0.717) is 32.6 Å². The molecule has 5 heteroatoms. The molecule has 22 heavy (non-hydrogen) atoms. The number of hydrogen-bond acceptors (Lipinski definition) is 5. The van der Waals surface area contributed by atoms with E-state index in [2.05, 4.69) is 0 Å². The molecule has 126 valence electrons. The summed E-state index contributed by atoms with van der Waals surface area (Å²) in [5.41, 5.74) is 9.01. The summed E-state index contributed by atoms with van der Waals surface area (Å²) >= 11 is 0. The fourth-order valence-corrected chi connectivity index (χ4v) is 2.78. The first-order valence-electron chi connectivity index (χ1n) is 7.89. The first-order chi connectivity index (χ1) is 10.3. The third kappa shape index (κ3) is 6.42. The summed E-state index contributed by atoms with van der Waals surface area (Å²) < 4.78 is 0. The Labute approximate surface area is 133 Å². The van der Waals surface area contributed by atoms with Crippen LogP contribution in [0, 0.1) is 0 Å². The molecule has 5 nitrogen and oxygen atoms in total. The summed E-state index contributed by atoms with van der Waals surface area (Å²) in [7, 11) is 0. The van der Waals surface area contributed by atoms with Gasteiger partial charge in [-0.1, -0.05) is 18.2 Å². The van der Waals surface area contributed by atoms with Gasteiger partial charge in [-0.05, 0) is 43.9 Å². The summed E-state index contributed by atoms with van der Waals surface area (Å²) in [6, 6.07) is 5.97. The number of nitrogens with zero attached hydrogens (tertiary/aromatic N) is 1. The van der Waals surface area contributed by atoms with Crippen LogP contribution in [0.5, 0.6) is 0 Å². The maximum atomic E-state index is 9.74. The zero-order valence-electron chi connectivity index (χ0n) is 13.9. The van der Waals surface area contributed by atoms with E-state index in [-0.39, 0.29) is 0 Å². The van der Waals surface area contributed by atoms with Crippen LogP contribution in [-0.2, 0) is 19.5 Å². The van der Waals surface area contributed by atoms with Crippen molar-refractivity contribution in [1.29, 1.82) is 0 Å². The number of aliphatic hydroxyl groups excluding tert-OH is 3. The lowest BCUT2D eigenvalue weighted by Gasteiger charge is -2.27. The molecule has 0 amide bonds. The normalized spacial score (nSPS) is 15.8. The van der Waals surface area contributed by atoms with Crippen molar-refractivity contribution in [3.8, 4) is 0 Å². The molecule has 0 aliphatic heterocycles. The van der Waals surface area contributed by atoms with E-state index < -0.39 is 18.3 Å². The molecule has 3 unspecified atom stereocenters. The molecule has 0 radical (unpaired) electrons. The summed E-state index contributed by atoms with van der Waals surface area (Å²) in [6.07, 6.45) is -0.804. The van der Waals surface area contributed by atoms with Crippen molar-refractivity contribution in [3.63, 3.8) is 0 Å². The van der Waals surface area contributed by atoms with Crippen molar-refractivity contribution in [2.75, 3.05) is 13.1 Å². The molecule has 0 bridgehead atoms. The van der Waals surface area contributed by atoms with Crippen LogP contribution in [0.2, 0.25) is 0 Å². The largest absolute Gasteiger partial charge is 0.393 e. The number of hydrogen-bond donors (Lipinski definition) is 4. The van der Waals surface area contributed by atoms with E-state index in [1.165, 1.54) is 0 Å². The van der Waals surface area contributed by atoms with Gasteiger partial charge >= 0.3 is 0 Å². The van der Waals surface area contributed by atoms with Crippen LogP contribution in [0.1, 0.15) is 37.5 Å². The van der Waals surface area contributed by atoms with Crippen LogP contribution in [-0.4, -0.2) is 51.6 Å². The van der Waals surface area contributed by atoms with Crippen molar-refractivity contribution < 1.29 is 15.3 Å². The minimum Gasteiger partial charge on any atom is -0.393 e. The standard InChI is InChI=1S/C17H30N2O3/c1-12(20)7-17-15(8-18)5-4-6-16(17)11-19(9-13(2)21)10-14(3)22/h4-6,12-14,20-22H,7-11,18H2,1-3H3. The van der Waals surface area contributed by atoms with Crippen LogP contribution in [0.3, 0.4) is 0 Å². The maximum Gasteiger partial charge on any atom is 0.0639 e. The van der Waals surface area contributed by atoms with Crippen molar-refractivity contribution >= 4 is 0 Å². The highest BCUT2D eigenvalue weighted by atomic mass is 16.3. The maximum absolute atomic E-state index is 9.74. The van der Waals surface area contributed by atoms with Crippen LogP contribution in [0.25, 0.3) is 0 Å². The molecule has 0 fully saturated rings. The van der Waals surface area contributed by atoms with Crippen LogP contribution in [0.15, 0.2) is 18.2 Å². The van der Waals surface area contributed by atoms with E-state index in [4.69, 9.17) is 5.73 Å². The molecule has 0 heterocycles. The number of aliphatic hydroxyl groups is 3. The van der Waals surface area contributed by atoms with Gasteiger partial charge in [0.1, 0.15) is 0 Å². The number of rotatable bonds is 9. The molecule has 1 aromatic carbocycles. The molecule has 0 saturated carbocycles. The van der Waals surface area contributed by atoms with Gasteiger partial charge in [-0.3, -0.25) is 4.90 Å². The van der Waals surface area contributed by atoms with Crippen LogP contribution >= 0.6 is 0 Å². The molecule has 0 saturated heterocycles. The van der Waals surface area contributed by atoms with E-state index in [9.17, 15) is 15.3 Å². The Kier molecular flexibility index (Phi) is 8.00. The van der Waals surface area contributed by atoms with E-state index in [0.717, 1.165) is 16.7 Å². The van der Waals surface area contributed by atoms with E-state index >= 15 is 0 Å². The van der Waals surface area contributed by atoms with E-state index in [1.54, 1.807) is 20.8 Å². The SMILES string of the molecule is CC(O)Cc1c(CN)cccc1CN(CC(C)O)CC(C)O. The topological polar surface area (TPSA) is 90.0 Å². The summed E-state index contributed by atoms with van der Waals surface area (Å²) in [6.45, 7) is 7.27. The van der Waals surface area contributed by atoms with Crippen molar-refractivity contribution in [2.24, 2.45) is 5.73 Å². The highest BCUT2D eigenvalue weighted by molar-refractivity contribution is 5.36. The van der Waals surface area contributed by atoms with Gasteiger partial charge < -0.3 is 21.1 Å². The van der Waals surface area contributed by atoms with Gasteiger partial charge in [0, 0.05) is 26.2 Å². The fraction of sp³-hybridized carbons (Fsp3) is 0.647. The lowest BCUT2D eigenvalue weighted by Crippen LogP contribution is -2.36. The Morgan fingerprint density at radius 1 is 0.955 bits per heavy atom. The zero-order valence-corrected chi connectivity index (χ0v) is 13.9. The van der Waals surface area contributed by atoms with Crippen molar-refractivity contribution in [3.05, 3.63) is 34.9 Å². The lowest BCUT2D eigenvalue weighted by atomic mass is 9.95. The van der Waals surface area contributed by atoms with Crippen molar-refractivity contribution in [1.82, 2.24) is 4.90 Å². The molecule has 0 spiro atoms. The van der Waals surface area contributed by atoms with Crippen LogP contribution in [0.4, 0.5) is 0 Å². The van der Waals surface area contributed by atoms with Gasteiger partial charge in [0.2, 0.25) is 0 Å².